The zero-order chi connectivity index (χ0) is 21.9. The molecule has 0 radical (unpaired) electrons. The molecule has 0 aliphatic carbocycles. The average Bonchev–Trinajstić information content (AvgIpc) is 3.14. The number of benzene rings is 2. The number of aldehydes is 1. The Balaban J connectivity index is 0.000000404. The predicted octanol–water partition coefficient (Wildman–Crippen LogP) is 1.55. The molecule has 31 heavy (non-hydrogen) atoms. The van der Waals surface area contributed by atoms with E-state index in [4.69, 9.17) is 0 Å². The van der Waals surface area contributed by atoms with Crippen molar-refractivity contribution in [1.82, 2.24) is 4.57 Å². The summed E-state index contributed by atoms with van der Waals surface area (Å²) in [5.41, 5.74) is 4.23. The first-order chi connectivity index (χ1) is 14.4. The molecule has 0 saturated carbocycles. The zero-order valence-corrected chi connectivity index (χ0v) is 21.3. The fourth-order valence-electron chi connectivity index (χ4n) is 2.57. The van der Waals surface area contributed by atoms with Crippen LogP contribution in [0.3, 0.4) is 0 Å². The van der Waals surface area contributed by atoms with Gasteiger partial charge in [-0.15, -0.1) is 11.8 Å². The van der Waals surface area contributed by atoms with Crippen molar-refractivity contribution >= 4 is 30.1 Å². The molecule has 3 rings (SSSR count). The van der Waals surface area contributed by atoms with Crippen molar-refractivity contribution in [3.8, 4) is 0 Å². The molecule has 0 bridgehead atoms. The van der Waals surface area contributed by atoms with Gasteiger partial charge in [0.2, 0.25) is 0 Å². The smallest absolute Gasteiger partial charge is 0.549 e. The Morgan fingerprint density at radius 3 is 2.35 bits per heavy atom. The van der Waals surface area contributed by atoms with E-state index in [1.807, 2.05) is 67.7 Å². The summed E-state index contributed by atoms with van der Waals surface area (Å²) in [7, 11) is 0. The third kappa shape index (κ3) is 10.2. The van der Waals surface area contributed by atoms with Gasteiger partial charge in [-0.3, -0.25) is 4.79 Å². The van der Waals surface area contributed by atoms with Crippen LogP contribution in [0.2, 0.25) is 0 Å². The maximum Gasteiger partial charge on any atom is 1.00 e. The number of carbonyl (C=O) groups is 2. The van der Waals surface area contributed by atoms with Crippen LogP contribution in [0.5, 0.6) is 0 Å². The molecule has 0 spiro atoms. The van der Waals surface area contributed by atoms with Crippen molar-refractivity contribution in [2.24, 2.45) is 0 Å². The third-order valence-electron chi connectivity index (χ3n) is 4.24. The van der Waals surface area contributed by atoms with E-state index in [2.05, 4.69) is 29.8 Å². The third-order valence-corrected chi connectivity index (χ3v) is 5.31. The summed E-state index contributed by atoms with van der Waals surface area (Å²) >= 11 is 1.30. The molecule has 1 atom stereocenters. The molecule has 0 amide bonds. The van der Waals surface area contributed by atoms with Gasteiger partial charge in [-0.2, -0.15) is 0 Å². The van der Waals surface area contributed by atoms with Crippen LogP contribution in [0.15, 0.2) is 78.0 Å². The van der Waals surface area contributed by atoms with E-state index in [-0.39, 0.29) is 29.6 Å². The van der Waals surface area contributed by atoms with Crippen molar-refractivity contribution in [1.29, 1.82) is 0 Å². The Kier molecular flexibility index (Phi) is 12.3. The molecular weight excluding hydrogens is 417 g/mol. The van der Waals surface area contributed by atoms with Crippen molar-refractivity contribution < 1.29 is 44.3 Å². The molecule has 1 unspecified atom stereocenters. The summed E-state index contributed by atoms with van der Waals surface area (Å²) < 4.78 is 2.11. The second-order valence-electron chi connectivity index (χ2n) is 6.97. The Morgan fingerprint density at radius 1 is 1.06 bits per heavy atom. The number of hydrogen-bond donors (Lipinski definition) is 0. The molecule has 0 N–H and O–H groups in total. The standard InChI is InChI=1S/C17H19NO2S.C8H8O.Na/c1-13-8-10-18(12-13)9-4-6-15-5-3-7-16(11-15)21-14(2)17(19)20;1-7-2-4-8(6-9)5-3-7;/h3-8,10-12,14H,9H2,1-2H3,(H,19,20);2-6H,1H3;/q;;+1/p-1/b6-4+;;. The van der Waals surface area contributed by atoms with Gasteiger partial charge in [0.15, 0.2) is 0 Å². The maximum absolute atomic E-state index is 10.8. The number of allylic oxidation sites excluding steroid dienone is 1. The fraction of sp³-hybridized carbons (Fsp3) is 0.200. The molecule has 0 fully saturated rings. The molecule has 3 aromatic rings. The van der Waals surface area contributed by atoms with Gasteiger partial charge in [0.1, 0.15) is 6.29 Å². The van der Waals surface area contributed by atoms with Crippen LogP contribution in [-0.2, 0) is 11.3 Å². The molecule has 2 aromatic carbocycles. The molecular formula is C25H26NNaO3S. The number of aliphatic carboxylic acids is 1. The van der Waals surface area contributed by atoms with E-state index in [1.165, 1.54) is 22.9 Å². The summed E-state index contributed by atoms with van der Waals surface area (Å²) in [6, 6.07) is 17.4. The van der Waals surface area contributed by atoms with Gasteiger partial charge in [-0.1, -0.05) is 54.1 Å². The summed E-state index contributed by atoms with van der Waals surface area (Å²) in [5, 5.41) is 10.2. The van der Waals surface area contributed by atoms with Gasteiger partial charge in [0, 0.05) is 34.6 Å². The van der Waals surface area contributed by atoms with E-state index in [9.17, 15) is 14.7 Å². The minimum atomic E-state index is -1.04. The van der Waals surface area contributed by atoms with E-state index in [0.29, 0.717) is 0 Å². The van der Waals surface area contributed by atoms with Gasteiger partial charge in [0.25, 0.3) is 0 Å². The summed E-state index contributed by atoms with van der Waals surface area (Å²) in [6.07, 6.45) is 9.12. The minimum absolute atomic E-state index is 0. The number of aromatic nitrogens is 1. The van der Waals surface area contributed by atoms with Gasteiger partial charge in [0.05, 0.1) is 5.97 Å². The number of rotatable bonds is 7. The predicted molar refractivity (Wildman–Crippen MR) is 122 cm³/mol. The fourth-order valence-corrected chi connectivity index (χ4v) is 3.44. The Hall–Kier alpha value is -2.05. The first-order valence-electron chi connectivity index (χ1n) is 9.65. The molecule has 6 heteroatoms. The van der Waals surface area contributed by atoms with E-state index >= 15 is 0 Å². The Labute approximate surface area is 210 Å². The number of carboxylic acids is 1. The quantitative estimate of drug-likeness (QED) is 0.316. The van der Waals surface area contributed by atoms with Gasteiger partial charge < -0.3 is 14.5 Å². The topological polar surface area (TPSA) is 62.1 Å². The Bertz CT molecular complexity index is 996. The number of carboxylic acid groups (broad SMARTS) is 1. The first-order valence-corrected chi connectivity index (χ1v) is 10.5. The van der Waals surface area contributed by atoms with E-state index in [1.54, 1.807) is 6.92 Å². The van der Waals surface area contributed by atoms with Crippen molar-refractivity contribution in [2.75, 3.05) is 0 Å². The first kappa shape index (κ1) is 27.0. The number of carbonyl (C=O) groups excluding carboxylic acids is 2. The number of nitrogens with zero attached hydrogens (tertiary/aromatic N) is 1. The second-order valence-corrected chi connectivity index (χ2v) is 8.38. The second kappa shape index (κ2) is 14.1. The van der Waals surface area contributed by atoms with Crippen LogP contribution in [-0.4, -0.2) is 22.1 Å². The van der Waals surface area contributed by atoms with Gasteiger partial charge >= 0.3 is 29.6 Å². The summed E-state index contributed by atoms with van der Waals surface area (Å²) in [5.74, 6) is -1.04. The van der Waals surface area contributed by atoms with Crippen molar-refractivity contribution in [3.05, 3.63) is 95.3 Å². The molecule has 4 nitrogen and oxygen atoms in total. The number of hydrogen-bond acceptors (Lipinski definition) is 4. The maximum atomic E-state index is 10.8. The van der Waals surface area contributed by atoms with Crippen LogP contribution in [0.4, 0.5) is 0 Å². The van der Waals surface area contributed by atoms with Crippen LogP contribution in [0.25, 0.3) is 6.08 Å². The molecule has 0 saturated heterocycles. The van der Waals surface area contributed by atoms with E-state index in [0.717, 1.165) is 28.9 Å². The average molecular weight is 444 g/mol. The normalized spacial score (nSPS) is 11.2. The Morgan fingerprint density at radius 2 is 1.77 bits per heavy atom. The number of aryl methyl sites for hydroxylation is 2. The van der Waals surface area contributed by atoms with Gasteiger partial charge in [-0.05, 0) is 50.1 Å². The summed E-state index contributed by atoms with van der Waals surface area (Å²) in [6.45, 7) is 6.52. The van der Waals surface area contributed by atoms with Crippen molar-refractivity contribution in [3.63, 3.8) is 0 Å². The largest absolute Gasteiger partial charge is 1.00 e. The monoisotopic (exact) mass is 443 g/mol. The van der Waals surface area contributed by atoms with E-state index < -0.39 is 11.2 Å². The van der Waals surface area contributed by atoms with Crippen LogP contribution < -0.4 is 34.7 Å². The summed E-state index contributed by atoms with van der Waals surface area (Å²) in [4.78, 5) is 21.8. The molecule has 1 aromatic heterocycles. The molecule has 1 heterocycles. The molecule has 0 aliphatic heterocycles. The van der Waals surface area contributed by atoms with Gasteiger partial charge in [-0.25, -0.2) is 0 Å². The zero-order valence-electron chi connectivity index (χ0n) is 18.4. The minimum Gasteiger partial charge on any atom is -0.549 e. The van der Waals surface area contributed by atoms with Crippen LogP contribution >= 0.6 is 11.8 Å². The van der Waals surface area contributed by atoms with Crippen LogP contribution in [0.1, 0.15) is 34.0 Å². The van der Waals surface area contributed by atoms with Crippen LogP contribution in [0, 0.1) is 13.8 Å². The molecule has 156 valence electrons. The van der Waals surface area contributed by atoms with Crippen molar-refractivity contribution in [2.45, 2.75) is 37.5 Å². The number of thioether (sulfide) groups is 1. The SMILES string of the molecule is Cc1ccc(C=O)cc1.Cc1ccn(C/C=C/c2cccc(SC(C)C(=O)[O-])c2)c1.[Na+]. The molecule has 0 aliphatic rings.